The number of aromatic nitrogens is 4. The van der Waals surface area contributed by atoms with E-state index in [9.17, 15) is 0 Å². The van der Waals surface area contributed by atoms with Gasteiger partial charge in [0.1, 0.15) is 17.4 Å². The second kappa shape index (κ2) is 8.40. The monoisotopic (exact) mass is 445 g/mol. The first-order valence-corrected chi connectivity index (χ1v) is 11.5. The molecule has 3 aromatic heterocycles. The topological polar surface area (TPSA) is 98.0 Å². The summed E-state index contributed by atoms with van der Waals surface area (Å²) in [7, 11) is 0. The number of nitrogen functional groups attached to an aromatic ring is 1. The summed E-state index contributed by atoms with van der Waals surface area (Å²) < 4.78 is 13.0. The van der Waals surface area contributed by atoms with Gasteiger partial charge in [0.05, 0.1) is 12.9 Å². The zero-order valence-electron chi connectivity index (χ0n) is 18.4. The van der Waals surface area contributed by atoms with Crippen molar-refractivity contribution >= 4 is 17.4 Å². The van der Waals surface area contributed by atoms with E-state index < -0.39 is 0 Å². The number of para-hydroxylation sites is 1. The number of piperazine rings is 1. The molecule has 4 aromatic rings. The molecule has 1 aromatic carbocycles. The summed E-state index contributed by atoms with van der Waals surface area (Å²) in [4.78, 5) is 14.2. The van der Waals surface area contributed by atoms with E-state index >= 15 is 0 Å². The summed E-state index contributed by atoms with van der Waals surface area (Å²) in [6.07, 6.45) is 3.93. The van der Waals surface area contributed by atoms with Gasteiger partial charge in [0, 0.05) is 44.2 Å². The number of hydrogen-bond acceptors (Lipinski definition) is 8. The third kappa shape index (κ3) is 4.00. The minimum absolute atomic E-state index is 0.484. The van der Waals surface area contributed by atoms with E-state index in [4.69, 9.17) is 19.9 Å². The molecule has 33 heavy (non-hydrogen) atoms. The summed E-state index contributed by atoms with van der Waals surface area (Å²) >= 11 is 0. The first-order chi connectivity index (χ1) is 16.2. The molecule has 2 fully saturated rings. The molecular weight excluding hydrogens is 418 g/mol. The Bertz CT molecular complexity index is 1220. The fourth-order valence-electron chi connectivity index (χ4n) is 4.88. The fraction of sp³-hybridized carbons (Fsp3) is 0.375. The predicted octanol–water partition coefficient (Wildman–Crippen LogP) is 2.95. The van der Waals surface area contributed by atoms with Gasteiger partial charge in [0.2, 0.25) is 5.82 Å². The number of benzene rings is 1. The van der Waals surface area contributed by atoms with Gasteiger partial charge >= 0.3 is 0 Å². The highest BCUT2D eigenvalue weighted by atomic mass is 16.5. The van der Waals surface area contributed by atoms with Gasteiger partial charge in [0.15, 0.2) is 5.76 Å². The SMILES string of the molecule is Nc1cc(N2CCN3CC(COc4ccccc4)CCC3C2)nc2nc(-c3ccco3)nn12. The standard InChI is InChI=1S/C24H27N7O2/c25-21-13-22(26-24-27-23(28-31(21)24)20-7-4-12-32-20)30-11-10-29-14-17(8-9-18(29)15-30)16-33-19-5-2-1-3-6-19/h1-7,12-13,17-18H,8-11,14-16,25H2. The van der Waals surface area contributed by atoms with E-state index in [0.717, 1.165) is 50.8 Å². The molecule has 2 aliphatic heterocycles. The zero-order valence-corrected chi connectivity index (χ0v) is 18.4. The summed E-state index contributed by atoms with van der Waals surface area (Å²) in [6, 6.07) is 16.1. The van der Waals surface area contributed by atoms with Crippen LogP contribution in [0.4, 0.5) is 11.6 Å². The van der Waals surface area contributed by atoms with Crippen LogP contribution in [0.5, 0.6) is 5.75 Å². The number of ether oxygens (including phenoxy) is 1. The lowest BCUT2D eigenvalue weighted by Gasteiger charge is -2.46. The molecule has 5 heterocycles. The van der Waals surface area contributed by atoms with Crippen LogP contribution in [-0.2, 0) is 0 Å². The van der Waals surface area contributed by atoms with E-state index in [0.29, 0.717) is 35.1 Å². The molecule has 0 spiro atoms. The van der Waals surface area contributed by atoms with Crippen molar-refractivity contribution in [3.05, 3.63) is 54.8 Å². The third-order valence-corrected chi connectivity index (χ3v) is 6.63. The molecule has 0 saturated carbocycles. The van der Waals surface area contributed by atoms with Gasteiger partial charge in [0.25, 0.3) is 5.78 Å². The molecule has 6 rings (SSSR count). The predicted molar refractivity (Wildman–Crippen MR) is 125 cm³/mol. The maximum absolute atomic E-state index is 6.30. The molecule has 2 N–H and O–H groups in total. The number of rotatable bonds is 5. The van der Waals surface area contributed by atoms with Gasteiger partial charge in [-0.25, -0.2) is 0 Å². The average Bonchev–Trinajstić information content (AvgIpc) is 3.53. The van der Waals surface area contributed by atoms with Crippen LogP contribution >= 0.6 is 0 Å². The van der Waals surface area contributed by atoms with Crippen LogP contribution in [0.25, 0.3) is 17.4 Å². The normalized spacial score (nSPS) is 21.3. The molecular formula is C24H27N7O2. The highest BCUT2D eigenvalue weighted by Gasteiger charge is 2.33. The van der Waals surface area contributed by atoms with Gasteiger partial charge in [-0.05, 0) is 37.1 Å². The average molecular weight is 446 g/mol. The largest absolute Gasteiger partial charge is 0.493 e. The smallest absolute Gasteiger partial charge is 0.256 e. The van der Waals surface area contributed by atoms with Crippen LogP contribution in [0.15, 0.2) is 59.2 Å². The Morgan fingerprint density at radius 1 is 1.03 bits per heavy atom. The maximum Gasteiger partial charge on any atom is 0.256 e. The van der Waals surface area contributed by atoms with Crippen molar-refractivity contribution in [1.29, 1.82) is 0 Å². The van der Waals surface area contributed by atoms with Gasteiger partial charge in [-0.15, -0.1) is 5.10 Å². The number of hydrogen-bond donors (Lipinski definition) is 1. The van der Waals surface area contributed by atoms with E-state index in [1.165, 1.54) is 6.42 Å². The van der Waals surface area contributed by atoms with Crippen LogP contribution < -0.4 is 15.4 Å². The minimum Gasteiger partial charge on any atom is -0.493 e. The Morgan fingerprint density at radius 2 is 1.94 bits per heavy atom. The van der Waals surface area contributed by atoms with Crippen molar-refractivity contribution in [3.63, 3.8) is 0 Å². The van der Waals surface area contributed by atoms with Crippen molar-refractivity contribution in [1.82, 2.24) is 24.5 Å². The molecule has 0 aliphatic carbocycles. The van der Waals surface area contributed by atoms with Crippen molar-refractivity contribution in [2.24, 2.45) is 5.92 Å². The highest BCUT2D eigenvalue weighted by Crippen LogP contribution is 2.29. The van der Waals surface area contributed by atoms with Crippen molar-refractivity contribution in [2.45, 2.75) is 18.9 Å². The van der Waals surface area contributed by atoms with Gasteiger partial charge in [-0.2, -0.15) is 14.5 Å². The lowest BCUT2D eigenvalue weighted by atomic mass is 9.91. The fourth-order valence-corrected chi connectivity index (χ4v) is 4.88. The molecule has 9 nitrogen and oxygen atoms in total. The lowest BCUT2D eigenvalue weighted by Crippen LogP contribution is -2.57. The van der Waals surface area contributed by atoms with Crippen molar-refractivity contribution in [2.75, 3.05) is 43.4 Å². The van der Waals surface area contributed by atoms with Crippen LogP contribution in [0, 0.1) is 5.92 Å². The minimum atomic E-state index is 0.484. The Hall–Kier alpha value is -3.59. The highest BCUT2D eigenvalue weighted by molar-refractivity contribution is 5.57. The first-order valence-electron chi connectivity index (χ1n) is 11.5. The number of nitrogens with zero attached hydrogens (tertiary/aromatic N) is 6. The van der Waals surface area contributed by atoms with Crippen LogP contribution in [0.1, 0.15) is 12.8 Å². The second-order valence-corrected chi connectivity index (χ2v) is 8.83. The zero-order chi connectivity index (χ0) is 22.2. The molecule has 0 amide bonds. The molecule has 0 bridgehead atoms. The molecule has 2 saturated heterocycles. The van der Waals surface area contributed by atoms with E-state index in [-0.39, 0.29) is 0 Å². The molecule has 9 heteroatoms. The van der Waals surface area contributed by atoms with Gasteiger partial charge in [-0.3, -0.25) is 4.90 Å². The molecule has 170 valence electrons. The number of fused-ring (bicyclic) bond motifs is 2. The Labute approximate surface area is 191 Å². The third-order valence-electron chi connectivity index (χ3n) is 6.63. The van der Waals surface area contributed by atoms with E-state index in [1.807, 2.05) is 48.5 Å². The van der Waals surface area contributed by atoms with E-state index in [2.05, 4.69) is 19.9 Å². The quantitative estimate of drug-likeness (QED) is 0.501. The lowest BCUT2D eigenvalue weighted by molar-refractivity contribution is 0.0728. The summed E-state index contributed by atoms with van der Waals surface area (Å²) in [6.45, 7) is 4.70. The molecule has 2 atom stereocenters. The van der Waals surface area contributed by atoms with Crippen LogP contribution in [-0.4, -0.2) is 63.3 Å². The van der Waals surface area contributed by atoms with Gasteiger partial charge in [-0.1, -0.05) is 18.2 Å². The molecule has 2 aliphatic rings. The number of piperidine rings is 1. The van der Waals surface area contributed by atoms with E-state index in [1.54, 1.807) is 10.8 Å². The molecule has 0 radical (unpaired) electrons. The summed E-state index contributed by atoms with van der Waals surface area (Å²) in [5.74, 6) is 4.46. The van der Waals surface area contributed by atoms with Gasteiger partial charge < -0.3 is 19.8 Å². The number of furan rings is 1. The van der Waals surface area contributed by atoms with Crippen LogP contribution in [0.3, 0.4) is 0 Å². The summed E-state index contributed by atoms with van der Waals surface area (Å²) in [5.41, 5.74) is 6.30. The first kappa shape index (κ1) is 20.0. The maximum atomic E-state index is 6.30. The van der Waals surface area contributed by atoms with Crippen molar-refractivity contribution < 1.29 is 9.15 Å². The van der Waals surface area contributed by atoms with Crippen LogP contribution in [0.2, 0.25) is 0 Å². The van der Waals surface area contributed by atoms with Crippen molar-refractivity contribution in [3.8, 4) is 17.3 Å². The number of anilines is 2. The Kier molecular flexibility index (Phi) is 5.10. The Balaban J connectivity index is 1.12. The summed E-state index contributed by atoms with van der Waals surface area (Å²) in [5, 5.41) is 4.44. The molecule has 2 unspecified atom stereocenters. The second-order valence-electron chi connectivity index (χ2n) is 8.83. The number of nitrogens with two attached hydrogens (primary N) is 1. The Morgan fingerprint density at radius 3 is 2.79 bits per heavy atom.